The highest BCUT2D eigenvalue weighted by Gasteiger charge is 2.41. The van der Waals surface area contributed by atoms with Crippen LogP contribution in [-0.4, -0.2) is 41.1 Å². The molecule has 33 heavy (non-hydrogen) atoms. The maximum atomic E-state index is 13.0. The zero-order valence-electron chi connectivity index (χ0n) is 17.0. The van der Waals surface area contributed by atoms with Crippen LogP contribution in [0.3, 0.4) is 0 Å². The highest BCUT2D eigenvalue weighted by molar-refractivity contribution is 6.30. The minimum Gasteiger partial charge on any atom is -0.478 e. The fraction of sp³-hybridized carbons (Fsp3) is 0.0833. The van der Waals surface area contributed by atoms with Crippen molar-refractivity contribution in [3.63, 3.8) is 0 Å². The van der Waals surface area contributed by atoms with Gasteiger partial charge in [0.05, 0.1) is 11.1 Å². The quantitative estimate of drug-likeness (QED) is 0.483. The number of carbonyl (C=O) groups is 4. The summed E-state index contributed by atoms with van der Waals surface area (Å²) in [6.07, 6.45) is -4.10. The molecule has 0 saturated heterocycles. The molecule has 3 rings (SSSR count). The number of benzene rings is 3. The third-order valence-corrected chi connectivity index (χ3v) is 4.63. The topological polar surface area (TPSA) is 119 Å². The highest BCUT2D eigenvalue weighted by Crippen LogP contribution is 2.17. The monoisotopic (exact) mass is 467 g/mol. The smallest absolute Gasteiger partial charge is 0.349 e. The molecule has 0 aromatic heterocycles. The number of aliphatic carboxylic acids is 1. The van der Waals surface area contributed by atoms with Crippen molar-refractivity contribution in [2.24, 2.45) is 0 Å². The molecule has 0 aliphatic carbocycles. The number of nitrogens with one attached hydrogen (secondary N) is 1. The number of anilines is 1. The van der Waals surface area contributed by atoms with E-state index in [1.807, 2.05) is 0 Å². The van der Waals surface area contributed by atoms with Gasteiger partial charge in [0.2, 0.25) is 12.2 Å². The third kappa shape index (κ3) is 6.41. The van der Waals surface area contributed by atoms with Gasteiger partial charge in [-0.2, -0.15) is 0 Å². The number of amides is 1. The first kappa shape index (κ1) is 23.5. The Labute approximate surface area is 193 Å². The summed E-state index contributed by atoms with van der Waals surface area (Å²) in [7, 11) is 0. The largest absolute Gasteiger partial charge is 0.478 e. The minimum atomic E-state index is -2.11. The average Bonchev–Trinajstić information content (AvgIpc) is 2.83. The van der Waals surface area contributed by atoms with Crippen molar-refractivity contribution in [3.05, 3.63) is 101 Å². The number of esters is 2. The van der Waals surface area contributed by atoms with Gasteiger partial charge in [0.25, 0.3) is 5.91 Å². The first-order chi connectivity index (χ1) is 15.8. The normalized spacial score (nSPS) is 12.2. The lowest BCUT2D eigenvalue weighted by Gasteiger charge is -2.23. The summed E-state index contributed by atoms with van der Waals surface area (Å²) >= 11 is 5.84. The first-order valence-corrected chi connectivity index (χ1v) is 10.0. The van der Waals surface area contributed by atoms with Gasteiger partial charge in [0.1, 0.15) is 0 Å². The summed E-state index contributed by atoms with van der Waals surface area (Å²) in [4.78, 5) is 50.0. The summed E-state index contributed by atoms with van der Waals surface area (Å²) in [5.74, 6) is -4.64. The Balaban J connectivity index is 1.89. The van der Waals surface area contributed by atoms with Crippen LogP contribution < -0.4 is 5.32 Å². The lowest BCUT2D eigenvalue weighted by Crippen LogP contribution is -2.48. The molecule has 0 bridgehead atoms. The summed E-state index contributed by atoms with van der Waals surface area (Å²) < 4.78 is 10.3. The van der Waals surface area contributed by atoms with E-state index < -0.39 is 36.0 Å². The second kappa shape index (κ2) is 10.9. The van der Waals surface area contributed by atoms with E-state index in [0.717, 1.165) is 0 Å². The summed E-state index contributed by atoms with van der Waals surface area (Å²) in [6.45, 7) is 0. The molecule has 1 amide bonds. The first-order valence-electron chi connectivity index (χ1n) is 9.66. The number of carbonyl (C=O) groups excluding carboxylic acids is 3. The summed E-state index contributed by atoms with van der Waals surface area (Å²) in [5, 5.41) is 12.6. The van der Waals surface area contributed by atoms with Crippen molar-refractivity contribution in [3.8, 4) is 0 Å². The Bertz CT molecular complexity index is 1130. The van der Waals surface area contributed by atoms with Gasteiger partial charge in [-0.1, -0.05) is 48.0 Å². The fourth-order valence-electron chi connectivity index (χ4n) is 2.76. The SMILES string of the molecule is O=C(O[C@@H](C(=O)O)[C@@H](OC(=O)c1ccccc1)C(=O)Nc1ccc(Cl)cc1)c1ccccc1. The minimum absolute atomic E-state index is 0.0648. The Kier molecular flexibility index (Phi) is 7.77. The molecule has 0 aliphatic heterocycles. The van der Waals surface area contributed by atoms with Crippen molar-refractivity contribution in [1.82, 2.24) is 0 Å². The summed E-state index contributed by atoms with van der Waals surface area (Å²) in [6, 6.07) is 21.3. The predicted octanol–water partition coefficient (Wildman–Crippen LogP) is 3.81. The Morgan fingerprint density at radius 2 is 1.15 bits per heavy atom. The molecule has 2 atom stereocenters. The highest BCUT2D eigenvalue weighted by atomic mass is 35.5. The Morgan fingerprint density at radius 1 is 0.697 bits per heavy atom. The zero-order valence-corrected chi connectivity index (χ0v) is 17.8. The molecular formula is C24H18ClNO7. The third-order valence-electron chi connectivity index (χ3n) is 4.38. The van der Waals surface area contributed by atoms with E-state index in [4.69, 9.17) is 21.1 Å². The van der Waals surface area contributed by atoms with Crippen LogP contribution in [0.25, 0.3) is 0 Å². The van der Waals surface area contributed by atoms with Crippen molar-refractivity contribution >= 4 is 41.1 Å². The molecule has 8 nitrogen and oxygen atoms in total. The van der Waals surface area contributed by atoms with Crippen LogP contribution in [0.15, 0.2) is 84.9 Å². The number of hydrogen-bond acceptors (Lipinski definition) is 6. The van der Waals surface area contributed by atoms with Crippen molar-refractivity contribution in [2.75, 3.05) is 5.32 Å². The van der Waals surface area contributed by atoms with Gasteiger partial charge in [-0.3, -0.25) is 4.79 Å². The van der Waals surface area contributed by atoms with E-state index in [1.54, 1.807) is 36.4 Å². The van der Waals surface area contributed by atoms with E-state index in [9.17, 15) is 24.3 Å². The molecule has 0 aliphatic rings. The van der Waals surface area contributed by atoms with Crippen molar-refractivity contribution < 1.29 is 33.8 Å². The van der Waals surface area contributed by atoms with Gasteiger partial charge in [0, 0.05) is 10.7 Å². The number of ether oxygens (including phenoxy) is 2. The van der Waals surface area contributed by atoms with E-state index in [2.05, 4.69) is 5.32 Å². The number of halogens is 1. The molecule has 0 spiro atoms. The van der Waals surface area contributed by atoms with Crippen LogP contribution in [0.1, 0.15) is 20.7 Å². The Morgan fingerprint density at radius 3 is 1.61 bits per heavy atom. The molecule has 0 saturated carbocycles. The van der Waals surface area contributed by atoms with Crippen LogP contribution in [0.2, 0.25) is 5.02 Å². The zero-order chi connectivity index (χ0) is 23.8. The van der Waals surface area contributed by atoms with Crippen LogP contribution >= 0.6 is 11.6 Å². The molecule has 0 radical (unpaired) electrons. The fourth-order valence-corrected chi connectivity index (χ4v) is 2.88. The molecule has 3 aromatic rings. The van der Waals surface area contributed by atoms with Crippen LogP contribution in [0, 0.1) is 0 Å². The van der Waals surface area contributed by atoms with E-state index in [1.165, 1.54) is 48.5 Å². The standard InChI is InChI=1S/C24H18ClNO7/c25-17-11-13-18(14-12-17)26-21(27)19(32-23(30)15-7-3-1-4-8-15)20(22(28)29)33-24(31)16-9-5-2-6-10-16/h1-14,19-20H,(H,26,27)(H,28,29)/t19-,20-/m1/s1. The lowest BCUT2D eigenvalue weighted by atomic mass is 10.1. The molecule has 168 valence electrons. The predicted molar refractivity (Wildman–Crippen MR) is 119 cm³/mol. The number of carboxylic acid groups (broad SMARTS) is 1. The van der Waals surface area contributed by atoms with E-state index >= 15 is 0 Å². The van der Waals surface area contributed by atoms with Crippen LogP contribution in [0.4, 0.5) is 5.69 Å². The molecule has 0 fully saturated rings. The second-order valence-corrected chi connectivity index (χ2v) is 7.15. The molecule has 3 aromatic carbocycles. The van der Waals surface area contributed by atoms with Gasteiger partial charge in [-0.25, -0.2) is 14.4 Å². The van der Waals surface area contributed by atoms with Gasteiger partial charge in [0.15, 0.2) is 0 Å². The molecule has 2 N–H and O–H groups in total. The number of hydrogen-bond donors (Lipinski definition) is 2. The molecule has 9 heteroatoms. The maximum absolute atomic E-state index is 13.0. The van der Waals surface area contributed by atoms with Crippen LogP contribution in [0.5, 0.6) is 0 Å². The van der Waals surface area contributed by atoms with Gasteiger partial charge in [-0.15, -0.1) is 0 Å². The Hall–Kier alpha value is -4.17. The molecule has 0 heterocycles. The van der Waals surface area contributed by atoms with Crippen molar-refractivity contribution in [2.45, 2.75) is 12.2 Å². The van der Waals surface area contributed by atoms with Gasteiger partial charge < -0.3 is 19.9 Å². The van der Waals surface area contributed by atoms with Crippen LogP contribution in [-0.2, 0) is 19.1 Å². The number of rotatable bonds is 8. The van der Waals surface area contributed by atoms with Crippen molar-refractivity contribution in [1.29, 1.82) is 0 Å². The van der Waals surface area contributed by atoms with Gasteiger partial charge in [-0.05, 0) is 48.5 Å². The second-order valence-electron chi connectivity index (χ2n) is 6.72. The van der Waals surface area contributed by atoms with E-state index in [0.29, 0.717) is 5.02 Å². The lowest BCUT2D eigenvalue weighted by molar-refractivity contribution is -0.157. The number of carboxylic acids is 1. The van der Waals surface area contributed by atoms with Gasteiger partial charge >= 0.3 is 17.9 Å². The molecular weight excluding hydrogens is 450 g/mol. The average molecular weight is 468 g/mol. The van der Waals surface area contributed by atoms with E-state index in [-0.39, 0.29) is 16.8 Å². The summed E-state index contributed by atoms with van der Waals surface area (Å²) in [5.41, 5.74) is 0.416. The molecule has 0 unspecified atom stereocenters. The maximum Gasteiger partial charge on any atom is 0.349 e.